The van der Waals surface area contributed by atoms with Crippen LogP contribution in [0.15, 0.2) is 48.5 Å². The quantitative estimate of drug-likeness (QED) is 0.886. The molecule has 2 N–H and O–H groups in total. The molecule has 0 saturated heterocycles. The Morgan fingerprint density at radius 1 is 1.00 bits per heavy atom. The molecule has 0 aliphatic rings. The maximum Gasteiger partial charge on any atom is 0.307 e. The lowest BCUT2D eigenvalue weighted by Gasteiger charge is -2.11. The second-order valence-electron chi connectivity index (χ2n) is 4.69. The number of amides is 1. The van der Waals surface area contributed by atoms with E-state index >= 15 is 0 Å². The first-order valence-electron chi connectivity index (χ1n) is 6.80. The Labute approximate surface area is 123 Å². The predicted octanol–water partition coefficient (Wildman–Crippen LogP) is 3.13. The lowest BCUT2D eigenvalue weighted by molar-refractivity contribution is -0.136. The van der Waals surface area contributed by atoms with Crippen LogP contribution in [-0.4, -0.2) is 17.0 Å². The number of carbonyl (C=O) groups excluding carboxylic acids is 1. The third-order valence-electron chi connectivity index (χ3n) is 3.25. The number of aryl methyl sites for hydroxylation is 1. The lowest BCUT2D eigenvalue weighted by Crippen LogP contribution is -2.16. The average molecular weight is 283 g/mol. The molecule has 4 nitrogen and oxygen atoms in total. The lowest BCUT2D eigenvalue weighted by atomic mass is 10.0. The Hall–Kier alpha value is -2.62. The van der Waals surface area contributed by atoms with E-state index in [1.807, 2.05) is 25.1 Å². The van der Waals surface area contributed by atoms with Crippen molar-refractivity contribution in [1.82, 2.24) is 0 Å². The van der Waals surface area contributed by atoms with Crippen molar-refractivity contribution in [1.29, 1.82) is 0 Å². The Bertz CT molecular complexity index is 665. The van der Waals surface area contributed by atoms with Crippen LogP contribution in [-0.2, 0) is 17.6 Å². The normalized spacial score (nSPS) is 10.1. The number of hydrogen-bond donors (Lipinski definition) is 2. The van der Waals surface area contributed by atoms with Gasteiger partial charge in [-0.1, -0.05) is 43.3 Å². The van der Waals surface area contributed by atoms with E-state index in [0.29, 0.717) is 16.8 Å². The van der Waals surface area contributed by atoms with E-state index in [9.17, 15) is 9.59 Å². The molecule has 0 unspecified atom stereocenters. The number of rotatable bonds is 5. The van der Waals surface area contributed by atoms with Crippen LogP contribution in [0.4, 0.5) is 5.69 Å². The molecule has 21 heavy (non-hydrogen) atoms. The van der Waals surface area contributed by atoms with Gasteiger partial charge in [0.05, 0.1) is 6.42 Å². The maximum absolute atomic E-state index is 12.4. The molecule has 0 radical (unpaired) electrons. The van der Waals surface area contributed by atoms with Crippen molar-refractivity contribution < 1.29 is 14.7 Å². The molecule has 108 valence electrons. The molecular weight excluding hydrogens is 266 g/mol. The SMILES string of the molecule is CCc1ccccc1C(=O)Nc1ccccc1CC(=O)O. The molecule has 1 amide bonds. The van der Waals surface area contributed by atoms with Crippen molar-refractivity contribution >= 4 is 17.6 Å². The second-order valence-corrected chi connectivity index (χ2v) is 4.69. The number of benzene rings is 2. The van der Waals surface area contributed by atoms with Crippen molar-refractivity contribution in [3.63, 3.8) is 0 Å². The van der Waals surface area contributed by atoms with Crippen LogP contribution in [0.3, 0.4) is 0 Å². The topological polar surface area (TPSA) is 66.4 Å². The van der Waals surface area contributed by atoms with Crippen LogP contribution in [0.25, 0.3) is 0 Å². The number of hydrogen-bond acceptors (Lipinski definition) is 2. The number of aliphatic carboxylic acids is 1. The molecule has 2 aromatic rings. The summed E-state index contributed by atoms with van der Waals surface area (Å²) in [4.78, 5) is 23.2. The predicted molar refractivity (Wildman–Crippen MR) is 81.6 cm³/mol. The van der Waals surface area contributed by atoms with Gasteiger partial charge >= 0.3 is 5.97 Å². The van der Waals surface area contributed by atoms with E-state index < -0.39 is 5.97 Å². The summed E-state index contributed by atoms with van der Waals surface area (Å²) < 4.78 is 0. The van der Waals surface area contributed by atoms with E-state index in [4.69, 9.17) is 5.11 Å². The fourth-order valence-electron chi connectivity index (χ4n) is 2.20. The Balaban J connectivity index is 2.26. The third kappa shape index (κ3) is 3.69. The van der Waals surface area contributed by atoms with Crippen LogP contribution in [0.2, 0.25) is 0 Å². The van der Waals surface area contributed by atoms with Crippen molar-refractivity contribution in [3.05, 3.63) is 65.2 Å². The zero-order chi connectivity index (χ0) is 15.2. The van der Waals surface area contributed by atoms with Gasteiger partial charge in [0.1, 0.15) is 0 Å². The smallest absolute Gasteiger partial charge is 0.307 e. The third-order valence-corrected chi connectivity index (χ3v) is 3.25. The summed E-state index contributed by atoms with van der Waals surface area (Å²) in [7, 11) is 0. The van der Waals surface area contributed by atoms with Gasteiger partial charge in [0.25, 0.3) is 5.91 Å². The van der Waals surface area contributed by atoms with Gasteiger partial charge in [0.2, 0.25) is 0 Å². The molecule has 0 aliphatic heterocycles. The molecule has 0 heterocycles. The van der Waals surface area contributed by atoms with Gasteiger partial charge in [-0.25, -0.2) is 0 Å². The van der Waals surface area contributed by atoms with E-state index in [1.165, 1.54) is 0 Å². The van der Waals surface area contributed by atoms with Crippen molar-refractivity contribution in [2.45, 2.75) is 19.8 Å². The Morgan fingerprint density at radius 2 is 1.62 bits per heavy atom. The van der Waals surface area contributed by atoms with E-state index in [1.54, 1.807) is 30.3 Å². The van der Waals surface area contributed by atoms with Gasteiger partial charge in [-0.3, -0.25) is 9.59 Å². The van der Waals surface area contributed by atoms with Gasteiger partial charge < -0.3 is 10.4 Å². The minimum Gasteiger partial charge on any atom is -0.481 e. The summed E-state index contributed by atoms with van der Waals surface area (Å²) in [6.07, 6.45) is 0.645. The summed E-state index contributed by atoms with van der Waals surface area (Å²) in [6, 6.07) is 14.3. The summed E-state index contributed by atoms with van der Waals surface area (Å²) in [6.45, 7) is 1.99. The average Bonchev–Trinajstić information content (AvgIpc) is 2.48. The number of carboxylic acids is 1. The van der Waals surface area contributed by atoms with Crippen molar-refractivity contribution in [2.24, 2.45) is 0 Å². The van der Waals surface area contributed by atoms with Crippen LogP contribution < -0.4 is 5.32 Å². The van der Waals surface area contributed by atoms with Crippen LogP contribution in [0, 0.1) is 0 Å². The first-order chi connectivity index (χ1) is 10.1. The van der Waals surface area contributed by atoms with Gasteiger partial charge in [-0.05, 0) is 29.7 Å². The highest BCUT2D eigenvalue weighted by molar-refractivity contribution is 6.05. The number of para-hydroxylation sites is 1. The molecule has 0 spiro atoms. The van der Waals surface area contributed by atoms with Crippen LogP contribution in [0.1, 0.15) is 28.4 Å². The van der Waals surface area contributed by atoms with Gasteiger partial charge in [0.15, 0.2) is 0 Å². The highest BCUT2D eigenvalue weighted by atomic mass is 16.4. The zero-order valence-corrected chi connectivity index (χ0v) is 11.8. The summed E-state index contributed by atoms with van der Waals surface area (Å²) in [5, 5.41) is 11.7. The molecule has 2 rings (SSSR count). The molecule has 2 aromatic carbocycles. The first kappa shape index (κ1) is 14.8. The Kier molecular flexibility index (Phi) is 4.72. The van der Waals surface area contributed by atoms with Gasteiger partial charge in [-0.15, -0.1) is 0 Å². The fraction of sp³-hybridized carbons (Fsp3) is 0.176. The second kappa shape index (κ2) is 6.70. The molecule has 0 saturated carbocycles. The number of carboxylic acid groups (broad SMARTS) is 1. The minimum absolute atomic E-state index is 0.119. The zero-order valence-electron chi connectivity index (χ0n) is 11.8. The van der Waals surface area contributed by atoms with E-state index in [2.05, 4.69) is 5.32 Å². The standard InChI is InChI=1S/C17H17NO3/c1-2-12-7-3-5-9-14(12)17(21)18-15-10-6-4-8-13(15)11-16(19)20/h3-10H,2,11H2,1H3,(H,18,21)(H,19,20). The van der Waals surface area contributed by atoms with Crippen LogP contribution >= 0.6 is 0 Å². The fourth-order valence-corrected chi connectivity index (χ4v) is 2.20. The van der Waals surface area contributed by atoms with Gasteiger partial charge in [0, 0.05) is 11.3 Å². The number of carbonyl (C=O) groups is 2. The molecular formula is C17H17NO3. The summed E-state index contributed by atoms with van der Waals surface area (Å²) in [5.41, 5.74) is 2.71. The highest BCUT2D eigenvalue weighted by Crippen LogP contribution is 2.18. The summed E-state index contributed by atoms with van der Waals surface area (Å²) in [5.74, 6) is -1.14. The van der Waals surface area contributed by atoms with Crippen LogP contribution in [0.5, 0.6) is 0 Å². The highest BCUT2D eigenvalue weighted by Gasteiger charge is 2.13. The molecule has 4 heteroatoms. The van der Waals surface area contributed by atoms with Crippen molar-refractivity contribution in [2.75, 3.05) is 5.32 Å². The summed E-state index contributed by atoms with van der Waals surface area (Å²) >= 11 is 0. The largest absolute Gasteiger partial charge is 0.481 e. The monoisotopic (exact) mass is 283 g/mol. The maximum atomic E-state index is 12.4. The van der Waals surface area contributed by atoms with Crippen molar-refractivity contribution in [3.8, 4) is 0 Å². The molecule has 0 atom stereocenters. The number of nitrogens with one attached hydrogen (secondary N) is 1. The molecule has 0 aromatic heterocycles. The molecule has 0 bridgehead atoms. The van der Waals surface area contributed by atoms with E-state index in [0.717, 1.165) is 12.0 Å². The minimum atomic E-state index is -0.925. The van der Waals surface area contributed by atoms with E-state index in [-0.39, 0.29) is 12.3 Å². The number of anilines is 1. The first-order valence-corrected chi connectivity index (χ1v) is 6.80. The molecule has 0 aliphatic carbocycles. The molecule has 0 fully saturated rings. The van der Waals surface area contributed by atoms with Gasteiger partial charge in [-0.2, -0.15) is 0 Å². The Morgan fingerprint density at radius 3 is 2.29 bits per heavy atom.